The average molecular weight is 275 g/mol. The molecule has 1 aromatic heterocycles. The van der Waals surface area contributed by atoms with Crippen LogP contribution in [0.15, 0.2) is 36.4 Å². The van der Waals surface area contributed by atoms with Gasteiger partial charge < -0.3 is 10.6 Å². The minimum absolute atomic E-state index is 0.141. The van der Waals surface area contributed by atoms with Crippen molar-refractivity contribution in [2.45, 2.75) is 12.3 Å². The van der Waals surface area contributed by atoms with Gasteiger partial charge in [-0.3, -0.25) is 0 Å². The van der Waals surface area contributed by atoms with Gasteiger partial charge in [-0.15, -0.1) is 0 Å². The molecule has 1 atom stereocenters. The van der Waals surface area contributed by atoms with Gasteiger partial charge in [0.15, 0.2) is 23.3 Å². The van der Waals surface area contributed by atoms with E-state index in [0.717, 1.165) is 12.5 Å². The second-order valence-electron chi connectivity index (χ2n) is 5.00. The first kappa shape index (κ1) is 12.8. The van der Waals surface area contributed by atoms with Crippen LogP contribution >= 0.6 is 0 Å². The smallest absolute Gasteiger partial charge is 0.168 e. The van der Waals surface area contributed by atoms with Crippen LogP contribution in [0.2, 0.25) is 0 Å². The lowest BCUT2D eigenvalue weighted by molar-refractivity contribution is 0.574. The zero-order valence-corrected chi connectivity index (χ0v) is 10.9. The van der Waals surface area contributed by atoms with Gasteiger partial charge in [0.1, 0.15) is 0 Å². The molecule has 1 saturated heterocycles. The highest BCUT2D eigenvalue weighted by molar-refractivity contribution is 5.48. The Morgan fingerprint density at radius 1 is 1.15 bits per heavy atom. The van der Waals surface area contributed by atoms with E-state index < -0.39 is 11.6 Å². The number of nitrogens with zero attached hydrogens (tertiary/aromatic N) is 2. The third kappa shape index (κ3) is 2.31. The molecule has 2 aromatic rings. The van der Waals surface area contributed by atoms with Gasteiger partial charge in [-0.1, -0.05) is 30.3 Å². The molecule has 0 spiro atoms. The summed E-state index contributed by atoms with van der Waals surface area (Å²) in [6.07, 6.45) is 0.919. The fourth-order valence-electron chi connectivity index (χ4n) is 2.64. The number of nitrogen functional groups attached to an aromatic ring is 1. The molecule has 2 N–H and O–H groups in total. The Hall–Kier alpha value is -2.17. The van der Waals surface area contributed by atoms with Crippen molar-refractivity contribution < 1.29 is 8.78 Å². The molecular formula is C15H15F2N3. The van der Waals surface area contributed by atoms with Gasteiger partial charge in [-0.2, -0.15) is 0 Å². The summed E-state index contributed by atoms with van der Waals surface area (Å²) in [7, 11) is 0. The Bertz CT molecular complexity index is 616. The molecule has 1 aliphatic heterocycles. The Labute approximate surface area is 116 Å². The first-order chi connectivity index (χ1) is 9.65. The molecule has 5 heteroatoms. The van der Waals surface area contributed by atoms with Crippen LogP contribution in [-0.2, 0) is 0 Å². The normalized spacial score (nSPS) is 18.5. The van der Waals surface area contributed by atoms with Gasteiger partial charge >= 0.3 is 0 Å². The summed E-state index contributed by atoms with van der Waals surface area (Å²) in [6.45, 7) is 1.35. The maximum Gasteiger partial charge on any atom is 0.168 e. The maximum absolute atomic E-state index is 13.8. The second kappa shape index (κ2) is 5.07. The van der Waals surface area contributed by atoms with Crippen LogP contribution in [0, 0.1) is 11.6 Å². The van der Waals surface area contributed by atoms with Crippen LogP contribution in [0.3, 0.4) is 0 Å². The number of pyridine rings is 1. The molecule has 0 aliphatic carbocycles. The van der Waals surface area contributed by atoms with Gasteiger partial charge in [0, 0.05) is 25.1 Å². The molecule has 1 unspecified atom stereocenters. The molecule has 3 nitrogen and oxygen atoms in total. The van der Waals surface area contributed by atoms with Gasteiger partial charge in [-0.05, 0) is 12.0 Å². The maximum atomic E-state index is 13.8. The van der Waals surface area contributed by atoms with Crippen molar-refractivity contribution >= 4 is 11.6 Å². The molecule has 1 aromatic carbocycles. The predicted molar refractivity (Wildman–Crippen MR) is 74.6 cm³/mol. The highest BCUT2D eigenvalue weighted by Crippen LogP contribution is 2.31. The largest absolute Gasteiger partial charge is 0.381 e. The Morgan fingerprint density at radius 2 is 1.90 bits per heavy atom. The molecule has 20 heavy (non-hydrogen) atoms. The summed E-state index contributed by atoms with van der Waals surface area (Å²) in [4.78, 5) is 5.66. The summed E-state index contributed by atoms with van der Waals surface area (Å²) in [5.74, 6) is -1.26. The van der Waals surface area contributed by atoms with Gasteiger partial charge in [0.25, 0.3) is 0 Å². The number of hydrogen-bond donors (Lipinski definition) is 1. The number of hydrogen-bond acceptors (Lipinski definition) is 3. The highest BCUT2D eigenvalue weighted by Gasteiger charge is 2.27. The topological polar surface area (TPSA) is 42.1 Å². The van der Waals surface area contributed by atoms with Crippen molar-refractivity contribution in [3.63, 3.8) is 0 Å². The molecule has 2 heterocycles. The van der Waals surface area contributed by atoms with E-state index >= 15 is 0 Å². The Balaban J connectivity index is 1.82. The molecule has 0 bridgehead atoms. The third-order valence-corrected chi connectivity index (χ3v) is 3.70. The van der Waals surface area contributed by atoms with Crippen LogP contribution in [0.1, 0.15) is 17.9 Å². The summed E-state index contributed by atoms with van der Waals surface area (Å²) in [5.41, 5.74) is 6.65. The second-order valence-corrected chi connectivity index (χ2v) is 5.00. The monoisotopic (exact) mass is 275 g/mol. The minimum atomic E-state index is -0.815. The number of benzene rings is 1. The predicted octanol–water partition coefficient (Wildman–Crippen LogP) is 2.94. The lowest BCUT2D eigenvalue weighted by Crippen LogP contribution is -2.22. The third-order valence-electron chi connectivity index (χ3n) is 3.70. The number of nitrogens with two attached hydrogens (primary N) is 1. The minimum Gasteiger partial charge on any atom is -0.381 e. The summed E-state index contributed by atoms with van der Waals surface area (Å²) in [6, 6.07) is 10.9. The number of halogens is 2. The molecule has 104 valence electrons. The fraction of sp³-hybridized carbons (Fsp3) is 0.267. The van der Waals surface area contributed by atoms with Gasteiger partial charge in [0.2, 0.25) is 0 Å². The average Bonchev–Trinajstić information content (AvgIpc) is 2.93. The van der Waals surface area contributed by atoms with Crippen LogP contribution in [0.25, 0.3) is 0 Å². The quantitative estimate of drug-likeness (QED) is 0.916. The molecule has 1 aliphatic rings. The van der Waals surface area contributed by atoms with E-state index in [1.54, 1.807) is 0 Å². The van der Waals surface area contributed by atoms with Crippen LogP contribution in [-0.4, -0.2) is 18.1 Å². The van der Waals surface area contributed by atoms with E-state index in [0.29, 0.717) is 19.0 Å². The van der Waals surface area contributed by atoms with E-state index in [2.05, 4.69) is 17.1 Å². The van der Waals surface area contributed by atoms with Gasteiger partial charge in [-0.25, -0.2) is 13.8 Å². The van der Waals surface area contributed by atoms with E-state index in [-0.39, 0.29) is 11.6 Å². The summed E-state index contributed by atoms with van der Waals surface area (Å²) >= 11 is 0. The highest BCUT2D eigenvalue weighted by atomic mass is 19.1. The molecular weight excluding hydrogens is 260 g/mol. The molecule has 3 rings (SSSR count). The van der Waals surface area contributed by atoms with Crippen molar-refractivity contribution in [2.75, 3.05) is 23.7 Å². The molecule has 0 saturated carbocycles. The van der Waals surface area contributed by atoms with Gasteiger partial charge in [0.05, 0.1) is 0 Å². The lowest BCUT2D eigenvalue weighted by atomic mass is 9.99. The van der Waals surface area contributed by atoms with Crippen LogP contribution in [0.5, 0.6) is 0 Å². The van der Waals surface area contributed by atoms with Crippen molar-refractivity contribution in [1.29, 1.82) is 0 Å². The van der Waals surface area contributed by atoms with Crippen LogP contribution in [0.4, 0.5) is 20.4 Å². The zero-order chi connectivity index (χ0) is 14.1. The first-order valence-electron chi connectivity index (χ1n) is 6.56. The van der Waals surface area contributed by atoms with Crippen molar-refractivity contribution in [3.8, 4) is 0 Å². The zero-order valence-electron chi connectivity index (χ0n) is 10.9. The van der Waals surface area contributed by atoms with E-state index in [4.69, 9.17) is 5.73 Å². The van der Waals surface area contributed by atoms with E-state index in [1.165, 1.54) is 5.56 Å². The number of aromatic nitrogens is 1. The van der Waals surface area contributed by atoms with E-state index in [9.17, 15) is 8.78 Å². The lowest BCUT2D eigenvalue weighted by Gasteiger charge is -2.18. The van der Waals surface area contributed by atoms with E-state index in [1.807, 2.05) is 23.1 Å². The van der Waals surface area contributed by atoms with Crippen molar-refractivity contribution in [3.05, 3.63) is 53.6 Å². The van der Waals surface area contributed by atoms with Crippen LogP contribution < -0.4 is 10.6 Å². The molecule has 0 radical (unpaired) electrons. The molecule has 1 fully saturated rings. The standard InChI is InChI=1S/C15H15F2N3/c16-12-8-13(17)15(19-14(12)18)20-7-6-11(9-20)10-4-2-1-3-5-10/h1-5,8,11H,6-7,9H2,(H2,18,19). The number of rotatable bonds is 2. The summed E-state index contributed by atoms with van der Waals surface area (Å²) in [5, 5.41) is 0. The molecule has 0 amide bonds. The SMILES string of the molecule is Nc1nc(N2CCC(c3ccccc3)C2)c(F)cc1F. The van der Waals surface area contributed by atoms with Crippen molar-refractivity contribution in [1.82, 2.24) is 4.98 Å². The Kier molecular flexibility index (Phi) is 3.26. The van der Waals surface area contributed by atoms with Crippen molar-refractivity contribution in [2.24, 2.45) is 0 Å². The number of anilines is 2. The summed E-state index contributed by atoms with van der Waals surface area (Å²) < 4.78 is 27.0. The Morgan fingerprint density at radius 3 is 2.65 bits per heavy atom. The fourth-order valence-corrected chi connectivity index (χ4v) is 2.64. The first-order valence-corrected chi connectivity index (χ1v) is 6.56.